The molecule has 1 amide bonds. The van der Waals surface area contributed by atoms with E-state index in [1.807, 2.05) is 31.2 Å². The van der Waals surface area contributed by atoms with Crippen molar-refractivity contribution in [3.63, 3.8) is 0 Å². The number of rotatable bonds is 3. The second kappa shape index (κ2) is 6.41. The molecular weight excluding hydrogens is 384 g/mol. The maximum Gasteiger partial charge on any atom is 0.251 e. The van der Waals surface area contributed by atoms with Crippen molar-refractivity contribution in [3.05, 3.63) is 62.5 Å². The highest BCUT2D eigenvalue weighted by Gasteiger charge is 2.14. The minimum atomic E-state index is -0.152. The Labute approximate surface area is 134 Å². The maximum absolute atomic E-state index is 12.2. The second-order valence-electron chi connectivity index (χ2n) is 4.49. The average Bonchev–Trinajstić information content (AvgIpc) is 2.37. The third-order valence-electron chi connectivity index (χ3n) is 2.90. The normalized spacial score (nSPS) is 11.9. The van der Waals surface area contributed by atoms with Gasteiger partial charge in [0.05, 0.1) is 6.04 Å². The lowest BCUT2D eigenvalue weighted by molar-refractivity contribution is 0.0939. The zero-order valence-corrected chi connectivity index (χ0v) is 14.0. The lowest BCUT2D eigenvalue weighted by Crippen LogP contribution is -2.27. The molecule has 20 heavy (non-hydrogen) atoms. The Hall–Kier alpha value is -1.33. The Morgan fingerprint density at radius 1 is 1.20 bits per heavy atom. The van der Waals surface area contributed by atoms with E-state index in [9.17, 15) is 4.79 Å². The van der Waals surface area contributed by atoms with Gasteiger partial charge in [-0.05, 0) is 36.8 Å². The third kappa shape index (κ3) is 3.61. The lowest BCUT2D eigenvalue weighted by atomic mass is 10.1. The van der Waals surface area contributed by atoms with Gasteiger partial charge in [-0.2, -0.15) is 0 Å². The van der Waals surface area contributed by atoms with Gasteiger partial charge in [0.15, 0.2) is 0 Å². The Bertz CT molecular complexity index is 623. The molecule has 2 aromatic carbocycles. The van der Waals surface area contributed by atoms with Gasteiger partial charge in [-0.15, -0.1) is 0 Å². The van der Waals surface area contributed by atoms with E-state index in [0.29, 0.717) is 11.3 Å². The van der Waals surface area contributed by atoms with E-state index < -0.39 is 0 Å². The molecule has 5 heteroatoms. The number of anilines is 1. The van der Waals surface area contributed by atoms with Crippen LogP contribution >= 0.6 is 31.9 Å². The quantitative estimate of drug-likeness (QED) is 0.759. The summed E-state index contributed by atoms with van der Waals surface area (Å²) in [6.45, 7) is 1.94. The van der Waals surface area contributed by atoms with Crippen LogP contribution in [-0.2, 0) is 0 Å². The van der Waals surface area contributed by atoms with Gasteiger partial charge < -0.3 is 11.1 Å². The summed E-state index contributed by atoms with van der Waals surface area (Å²) in [6.07, 6.45) is 0. The molecule has 0 fully saturated rings. The fourth-order valence-electron chi connectivity index (χ4n) is 1.93. The number of nitrogen functional groups attached to an aromatic ring is 1. The van der Waals surface area contributed by atoms with Crippen molar-refractivity contribution in [1.82, 2.24) is 5.32 Å². The first-order valence-corrected chi connectivity index (χ1v) is 7.67. The first-order chi connectivity index (χ1) is 9.47. The van der Waals surface area contributed by atoms with Crippen molar-refractivity contribution < 1.29 is 4.79 Å². The first kappa shape index (κ1) is 15.1. The zero-order valence-electron chi connectivity index (χ0n) is 10.9. The fourth-order valence-corrected chi connectivity index (χ4v) is 3.07. The summed E-state index contributed by atoms with van der Waals surface area (Å²) < 4.78 is 1.76. The monoisotopic (exact) mass is 396 g/mol. The van der Waals surface area contributed by atoms with Crippen LogP contribution in [0.3, 0.4) is 0 Å². The van der Waals surface area contributed by atoms with Crippen LogP contribution in [0.4, 0.5) is 5.69 Å². The molecule has 0 radical (unpaired) electrons. The standard InChI is InChI=1S/C15H14Br2N2O/c1-9(13-4-2-3-5-14(13)17)19-15(20)10-6-11(16)8-12(18)7-10/h2-9H,18H2,1H3,(H,19,20)/t9-/m0/s1. The molecule has 0 aromatic heterocycles. The van der Waals surface area contributed by atoms with Gasteiger partial charge in [0.25, 0.3) is 5.91 Å². The highest BCUT2D eigenvalue weighted by molar-refractivity contribution is 9.10. The summed E-state index contributed by atoms with van der Waals surface area (Å²) in [5.41, 5.74) is 7.87. The van der Waals surface area contributed by atoms with Crippen molar-refractivity contribution in [2.45, 2.75) is 13.0 Å². The van der Waals surface area contributed by atoms with Crippen LogP contribution in [0.5, 0.6) is 0 Å². The molecule has 3 nitrogen and oxygen atoms in total. The minimum Gasteiger partial charge on any atom is -0.399 e. The third-order valence-corrected chi connectivity index (χ3v) is 4.08. The molecule has 104 valence electrons. The summed E-state index contributed by atoms with van der Waals surface area (Å²) in [4.78, 5) is 12.2. The molecule has 2 rings (SSSR count). The molecule has 3 N–H and O–H groups in total. The van der Waals surface area contributed by atoms with Crippen molar-refractivity contribution >= 4 is 43.5 Å². The van der Waals surface area contributed by atoms with Crippen LogP contribution in [0.2, 0.25) is 0 Å². The molecule has 0 saturated carbocycles. The summed E-state index contributed by atoms with van der Waals surface area (Å²) in [5, 5.41) is 2.96. The minimum absolute atomic E-state index is 0.0988. The summed E-state index contributed by atoms with van der Waals surface area (Å²) in [6, 6.07) is 12.9. The Balaban J connectivity index is 2.17. The van der Waals surface area contributed by atoms with E-state index in [4.69, 9.17) is 5.73 Å². The predicted octanol–water partition coefficient (Wildman–Crippen LogP) is 4.28. The number of carbonyl (C=O) groups excluding carboxylic acids is 1. The molecule has 2 aromatic rings. The fraction of sp³-hybridized carbons (Fsp3) is 0.133. The van der Waals surface area contributed by atoms with E-state index in [1.54, 1.807) is 18.2 Å². The van der Waals surface area contributed by atoms with Gasteiger partial charge in [0.1, 0.15) is 0 Å². The van der Waals surface area contributed by atoms with Crippen LogP contribution in [0.1, 0.15) is 28.9 Å². The number of amides is 1. The summed E-state index contributed by atoms with van der Waals surface area (Å²) in [5.74, 6) is -0.152. The average molecular weight is 398 g/mol. The van der Waals surface area contributed by atoms with Crippen LogP contribution in [-0.4, -0.2) is 5.91 Å². The van der Waals surface area contributed by atoms with E-state index in [0.717, 1.165) is 14.5 Å². The van der Waals surface area contributed by atoms with Gasteiger partial charge in [-0.3, -0.25) is 4.79 Å². The second-order valence-corrected chi connectivity index (χ2v) is 6.26. The summed E-state index contributed by atoms with van der Waals surface area (Å²) in [7, 11) is 0. The lowest BCUT2D eigenvalue weighted by Gasteiger charge is -2.16. The van der Waals surface area contributed by atoms with Crippen molar-refractivity contribution in [3.8, 4) is 0 Å². The molecule has 0 aliphatic heterocycles. The number of carbonyl (C=O) groups is 1. The van der Waals surface area contributed by atoms with Crippen molar-refractivity contribution in [2.24, 2.45) is 0 Å². The molecule has 0 unspecified atom stereocenters. The van der Waals surface area contributed by atoms with Crippen LogP contribution in [0, 0.1) is 0 Å². The van der Waals surface area contributed by atoms with E-state index in [-0.39, 0.29) is 11.9 Å². The van der Waals surface area contributed by atoms with E-state index in [2.05, 4.69) is 37.2 Å². The molecule has 1 atom stereocenters. The number of nitrogens with one attached hydrogen (secondary N) is 1. The molecule has 0 aliphatic carbocycles. The highest BCUT2D eigenvalue weighted by atomic mass is 79.9. The molecular formula is C15H14Br2N2O. The van der Waals surface area contributed by atoms with Crippen LogP contribution in [0.15, 0.2) is 51.4 Å². The summed E-state index contributed by atoms with van der Waals surface area (Å²) >= 11 is 6.82. The largest absolute Gasteiger partial charge is 0.399 e. The smallest absolute Gasteiger partial charge is 0.251 e. The number of hydrogen-bond donors (Lipinski definition) is 2. The molecule has 0 heterocycles. The zero-order chi connectivity index (χ0) is 14.7. The number of hydrogen-bond acceptors (Lipinski definition) is 2. The molecule has 0 aliphatic rings. The van der Waals surface area contributed by atoms with Gasteiger partial charge in [0, 0.05) is 20.2 Å². The van der Waals surface area contributed by atoms with Gasteiger partial charge in [0.2, 0.25) is 0 Å². The van der Waals surface area contributed by atoms with E-state index in [1.165, 1.54) is 0 Å². The van der Waals surface area contributed by atoms with Gasteiger partial charge in [-0.25, -0.2) is 0 Å². The maximum atomic E-state index is 12.2. The number of halogens is 2. The first-order valence-electron chi connectivity index (χ1n) is 6.08. The Morgan fingerprint density at radius 3 is 2.55 bits per heavy atom. The van der Waals surface area contributed by atoms with Crippen LogP contribution in [0.25, 0.3) is 0 Å². The molecule has 0 bridgehead atoms. The van der Waals surface area contributed by atoms with E-state index >= 15 is 0 Å². The molecule has 0 spiro atoms. The van der Waals surface area contributed by atoms with Crippen molar-refractivity contribution in [1.29, 1.82) is 0 Å². The van der Waals surface area contributed by atoms with Crippen LogP contribution < -0.4 is 11.1 Å². The SMILES string of the molecule is C[C@H](NC(=O)c1cc(N)cc(Br)c1)c1ccccc1Br. The Kier molecular flexibility index (Phi) is 4.83. The van der Waals surface area contributed by atoms with Gasteiger partial charge >= 0.3 is 0 Å². The topological polar surface area (TPSA) is 55.1 Å². The number of benzene rings is 2. The number of nitrogens with two attached hydrogens (primary N) is 1. The predicted molar refractivity (Wildman–Crippen MR) is 88.6 cm³/mol. The van der Waals surface area contributed by atoms with Crippen molar-refractivity contribution in [2.75, 3.05) is 5.73 Å². The Morgan fingerprint density at radius 2 is 1.90 bits per heavy atom. The van der Waals surface area contributed by atoms with Gasteiger partial charge in [-0.1, -0.05) is 50.1 Å². The molecule has 0 saturated heterocycles. The highest BCUT2D eigenvalue weighted by Crippen LogP contribution is 2.23.